The van der Waals surface area contributed by atoms with Crippen molar-refractivity contribution in [3.8, 4) is 23.0 Å². The minimum atomic E-state index is -2.28. The molecule has 1 amide bonds. The van der Waals surface area contributed by atoms with E-state index >= 15 is 0 Å². The Bertz CT molecular complexity index is 1990. The molecule has 3 aromatic rings. The zero-order chi connectivity index (χ0) is 39.3. The second kappa shape index (κ2) is 15.3. The van der Waals surface area contributed by atoms with Gasteiger partial charge in [0, 0.05) is 81.0 Å². The summed E-state index contributed by atoms with van der Waals surface area (Å²) in [7, 11) is 6.15. The number of amides is 1. The number of fused-ring (bicyclic) bond motifs is 6. The van der Waals surface area contributed by atoms with Gasteiger partial charge < -0.3 is 63.8 Å². The van der Waals surface area contributed by atoms with Gasteiger partial charge in [-0.2, -0.15) is 0 Å². The number of hydrogen-bond donors (Lipinski definition) is 5. The number of phenolic OH excluding ortho intramolecular Hbond substituents is 3. The van der Waals surface area contributed by atoms with Crippen LogP contribution in [0.15, 0.2) is 18.2 Å². The quantitative estimate of drug-likeness (QED) is 0.107. The van der Waals surface area contributed by atoms with E-state index in [0.29, 0.717) is 32.5 Å². The Kier molecular flexibility index (Phi) is 10.8. The van der Waals surface area contributed by atoms with Crippen LogP contribution >= 0.6 is 0 Å². The van der Waals surface area contributed by atoms with Crippen LogP contribution in [0, 0.1) is 0 Å². The van der Waals surface area contributed by atoms with Gasteiger partial charge in [-0.3, -0.25) is 14.5 Å². The van der Waals surface area contributed by atoms with Crippen molar-refractivity contribution < 1.29 is 68.0 Å². The van der Waals surface area contributed by atoms with Crippen molar-refractivity contribution in [3.05, 3.63) is 34.9 Å². The second-order valence-electron chi connectivity index (χ2n) is 14.4. The molecule has 3 heterocycles. The lowest BCUT2D eigenvalue weighted by atomic mass is 9.73. The predicted octanol–water partition coefficient (Wildman–Crippen LogP) is 2.06. The molecule has 17 heteroatoms. The average Bonchev–Trinajstić information content (AvgIpc) is 3.56. The van der Waals surface area contributed by atoms with Crippen molar-refractivity contribution in [2.45, 2.75) is 74.9 Å². The summed E-state index contributed by atoms with van der Waals surface area (Å²) in [5.74, 6) is -2.11. The van der Waals surface area contributed by atoms with Gasteiger partial charge in [-0.05, 0) is 25.6 Å². The number of carbonyl (C=O) groups is 3. The second-order valence-corrected chi connectivity index (χ2v) is 14.4. The standard InChI is InChI=1S/C38H47N3O14/c1-18-34-22(41-11-12-51-36(50-5)35(41)55-34)13-26(53-18)54-24-15-38(48,25(43)17-52-37(47)40(3)10-9-39-2)14-20-21(16-42)29-30(33(46)28(20)24)32(45)27-19(31(29)44)7-6-8-23(27)49-4/h6-8,16,18,22,24,26,34-36,39,44-46,48H,9-15,17H2,1-5H3. The number of carbonyl (C=O) groups excluding carboxylic acids is 3. The first-order valence-electron chi connectivity index (χ1n) is 18.2. The van der Waals surface area contributed by atoms with E-state index in [4.69, 9.17) is 33.2 Å². The van der Waals surface area contributed by atoms with Crippen molar-refractivity contribution in [2.24, 2.45) is 0 Å². The van der Waals surface area contributed by atoms with Gasteiger partial charge in [0.25, 0.3) is 0 Å². The number of nitrogens with one attached hydrogen (secondary N) is 1. The normalized spacial score (nSPS) is 29.0. The van der Waals surface area contributed by atoms with Crippen LogP contribution in [0.5, 0.6) is 23.0 Å². The number of ketones is 1. The summed E-state index contributed by atoms with van der Waals surface area (Å²) in [6.07, 6.45) is -5.27. The summed E-state index contributed by atoms with van der Waals surface area (Å²) in [4.78, 5) is 43.1. The van der Waals surface area contributed by atoms with E-state index in [0.717, 1.165) is 0 Å². The molecule has 4 aliphatic rings. The Labute approximate surface area is 316 Å². The Balaban J connectivity index is 1.31. The Morgan fingerprint density at radius 3 is 2.60 bits per heavy atom. The lowest BCUT2D eigenvalue weighted by molar-refractivity contribution is -0.256. The minimum absolute atomic E-state index is 0.00336. The summed E-state index contributed by atoms with van der Waals surface area (Å²) in [6, 6.07) is 4.48. The fourth-order valence-electron chi connectivity index (χ4n) is 8.51. The molecule has 5 N–H and O–H groups in total. The van der Waals surface area contributed by atoms with E-state index in [1.54, 1.807) is 19.2 Å². The highest BCUT2D eigenvalue weighted by molar-refractivity contribution is 6.19. The molecule has 3 aromatic carbocycles. The van der Waals surface area contributed by atoms with Crippen molar-refractivity contribution in [1.82, 2.24) is 15.1 Å². The van der Waals surface area contributed by atoms with Crippen molar-refractivity contribution in [2.75, 3.05) is 61.2 Å². The molecule has 1 aliphatic carbocycles. The first kappa shape index (κ1) is 38.9. The number of benzene rings is 3. The highest BCUT2D eigenvalue weighted by Gasteiger charge is 2.55. The maximum Gasteiger partial charge on any atom is 0.409 e. The number of rotatable bonds is 11. The molecular weight excluding hydrogens is 722 g/mol. The highest BCUT2D eigenvalue weighted by atomic mass is 16.7. The molecule has 8 unspecified atom stereocenters. The molecule has 298 valence electrons. The van der Waals surface area contributed by atoms with Crippen molar-refractivity contribution >= 4 is 39.7 Å². The topological polar surface area (TPSA) is 215 Å². The maximum atomic E-state index is 13.9. The predicted molar refractivity (Wildman–Crippen MR) is 193 cm³/mol. The van der Waals surface area contributed by atoms with E-state index in [1.165, 1.54) is 32.2 Å². The van der Waals surface area contributed by atoms with E-state index in [-0.39, 0.29) is 62.6 Å². The van der Waals surface area contributed by atoms with Gasteiger partial charge in [-0.15, -0.1) is 0 Å². The highest BCUT2D eigenvalue weighted by Crippen LogP contribution is 2.55. The molecule has 0 radical (unpaired) electrons. The molecule has 17 nitrogen and oxygen atoms in total. The van der Waals surface area contributed by atoms with Crippen LogP contribution in [0.2, 0.25) is 0 Å². The molecule has 3 aliphatic heterocycles. The van der Waals surface area contributed by atoms with Crippen LogP contribution in [0.4, 0.5) is 4.79 Å². The molecule has 3 fully saturated rings. The first-order valence-corrected chi connectivity index (χ1v) is 18.2. The van der Waals surface area contributed by atoms with E-state index in [1.807, 2.05) is 6.92 Å². The zero-order valence-electron chi connectivity index (χ0n) is 31.3. The average molecular weight is 770 g/mol. The van der Waals surface area contributed by atoms with Gasteiger partial charge >= 0.3 is 6.09 Å². The fraction of sp³-hybridized carbons (Fsp3) is 0.553. The zero-order valence-corrected chi connectivity index (χ0v) is 31.3. The third kappa shape index (κ3) is 6.61. The Morgan fingerprint density at radius 1 is 1.11 bits per heavy atom. The molecule has 0 bridgehead atoms. The molecular formula is C38H47N3O14. The summed E-state index contributed by atoms with van der Waals surface area (Å²) in [6.45, 7) is 2.78. The van der Waals surface area contributed by atoms with E-state index < -0.39 is 85.2 Å². The molecule has 0 saturated carbocycles. The third-order valence-corrected chi connectivity index (χ3v) is 11.3. The summed E-state index contributed by atoms with van der Waals surface area (Å²) in [5.41, 5.74) is -2.45. The third-order valence-electron chi connectivity index (χ3n) is 11.3. The van der Waals surface area contributed by atoms with Crippen LogP contribution in [0.25, 0.3) is 21.5 Å². The molecule has 7 rings (SSSR count). The number of ether oxygens (including phenoxy) is 7. The number of Topliss-reactive ketones (excluding diaryl/α,β-unsaturated/α-hetero) is 1. The first-order chi connectivity index (χ1) is 26.4. The number of likely N-dealkylation sites (N-methyl/N-ethyl adjacent to an activating group) is 2. The lowest BCUT2D eigenvalue weighted by Crippen LogP contribution is -2.55. The van der Waals surface area contributed by atoms with Crippen LogP contribution in [0.3, 0.4) is 0 Å². The smallest absolute Gasteiger partial charge is 0.409 e. The maximum absolute atomic E-state index is 13.9. The monoisotopic (exact) mass is 769 g/mol. The number of aliphatic hydroxyl groups is 1. The molecule has 8 atom stereocenters. The van der Waals surface area contributed by atoms with Crippen molar-refractivity contribution in [1.29, 1.82) is 0 Å². The van der Waals surface area contributed by atoms with Gasteiger partial charge in [-0.1, -0.05) is 12.1 Å². The van der Waals surface area contributed by atoms with Crippen molar-refractivity contribution in [3.63, 3.8) is 0 Å². The summed E-state index contributed by atoms with van der Waals surface area (Å²) >= 11 is 0. The number of hydrogen-bond acceptors (Lipinski definition) is 16. The van der Waals surface area contributed by atoms with Crippen LogP contribution in [-0.4, -0.2) is 152 Å². The van der Waals surface area contributed by atoms with Gasteiger partial charge in [0.05, 0.1) is 36.7 Å². The van der Waals surface area contributed by atoms with Gasteiger partial charge in [0.1, 0.15) is 34.7 Å². The van der Waals surface area contributed by atoms with Crippen LogP contribution < -0.4 is 10.1 Å². The molecule has 55 heavy (non-hydrogen) atoms. The van der Waals surface area contributed by atoms with E-state index in [9.17, 15) is 34.8 Å². The number of morpholine rings is 1. The largest absolute Gasteiger partial charge is 0.507 e. The SMILES string of the molecule is CNCCN(C)C(=O)OCC(=O)C1(O)Cc2c(c(O)c3c(O)c4c(OC)cccc4c(O)c3c2C=O)C(OC2CC3C(OC4C(OC)OCCN34)C(C)O2)C1. The van der Waals surface area contributed by atoms with Crippen LogP contribution in [-0.2, 0) is 39.6 Å². The number of methoxy groups -OCH3 is 2. The molecule has 3 saturated heterocycles. The number of aldehydes is 1. The summed E-state index contributed by atoms with van der Waals surface area (Å²) in [5, 5.41) is 50.4. The van der Waals surface area contributed by atoms with E-state index in [2.05, 4.69) is 10.2 Å². The Morgan fingerprint density at radius 2 is 1.89 bits per heavy atom. The van der Waals surface area contributed by atoms with Crippen LogP contribution in [0.1, 0.15) is 47.4 Å². The summed E-state index contributed by atoms with van der Waals surface area (Å²) < 4.78 is 41.3. The molecule has 0 aromatic heterocycles. The number of nitrogens with zero attached hydrogens (tertiary/aromatic N) is 2. The number of phenols is 3. The minimum Gasteiger partial charge on any atom is -0.507 e. The Hall–Kier alpha value is -4.33. The fourth-order valence-corrected chi connectivity index (χ4v) is 8.51. The van der Waals surface area contributed by atoms with Gasteiger partial charge in [0.15, 0.2) is 31.7 Å². The molecule has 0 spiro atoms. The van der Waals surface area contributed by atoms with Gasteiger partial charge in [0.2, 0.25) is 5.78 Å². The van der Waals surface area contributed by atoms with Gasteiger partial charge in [-0.25, -0.2) is 4.79 Å². The lowest BCUT2D eigenvalue weighted by Gasteiger charge is -2.43. The number of aromatic hydroxyl groups is 3.